The Kier molecular flexibility index (Phi) is 6.74. The molecule has 1 aliphatic carbocycles. The predicted molar refractivity (Wildman–Crippen MR) is 162 cm³/mol. The minimum atomic E-state index is -1.58. The van der Waals surface area contributed by atoms with Gasteiger partial charge in [-0.15, -0.1) is 0 Å². The highest BCUT2D eigenvalue weighted by Gasteiger charge is 2.77. The van der Waals surface area contributed by atoms with Gasteiger partial charge in [0.15, 0.2) is 0 Å². The normalized spacial score (nSPS) is 27.7. The van der Waals surface area contributed by atoms with Crippen LogP contribution in [0.3, 0.4) is 0 Å². The van der Waals surface area contributed by atoms with Crippen LogP contribution in [0, 0.1) is 11.8 Å². The Morgan fingerprint density at radius 2 is 1.55 bits per heavy atom. The highest BCUT2D eigenvalue weighted by Crippen LogP contribution is 2.60. The van der Waals surface area contributed by atoms with Gasteiger partial charge in [-0.2, -0.15) is 0 Å². The predicted octanol–water partition coefficient (Wildman–Crippen LogP) is 6.54. The van der Waals surface area contributed by atoms with E-state index in [1.165, 1.54) is 9.80 Å². The second-order valence-corrected chi connectivity index (χ2v) is 13.0. The highest BCUT2D eigenvalue weighted by molar-refractivity contribution is 9.10. The number of hydrogen-bond donors (Lipinski definition) is 0. The smallest absolute Gasteiger partial charge is 0.300 e. The number of carbonyl (C=O) groups excluding carboxylic acids is 4. The van der Waals surface area contributed by atoms with Gasteiger partial charge in [-0.05, 0) is 54.3 Å². The van der Waals surface area contributed by atoms with Gasteiger partial charge in [0.1, 0.15) is 5.54 Å². The zero-order valence-electron chi connectivity index (χ0n) is 22.8. The summed E-state index contributed by atoms with van der Waals surface area (Å²) in [6.45, 7) is 0. The number of anilines is 1. The van der Waals surface area contributed by atoms with Crippen molar-refractivity contribution in [2.75, 3.05) is 4.90 Å². The van der Waals surface area contributed by atoms with Crippen LogP contribution in [0.15, 0.2) is 83.3 Å². The first-order valence-electron chi connectivity index (χ1n) is 14.4. The molecule has 1 saturated carbocycles. The first kappa shape index (κ1) is 27.3. The number of hydrogen-bond acceptors (Lipinski definition) is 4. The van der Waals surface area contributed by atoms with Crippen LogP contribution in [-0.2, 0) is 20.8 Å². The maximum Gasteiger partial charge on any atom is 0.332 e. The highest BCUT2D eigenvalue weighted by atomic mass is 79.9. The molecule has 7 nitrogen and oxygen atoms in total. The van der Waals surface area contributed by atoms with E-state index in [4.69, 9.17) is 11.6 Å². The van der Waals surface area contributed by atoms with Crippen LogP contribution in [0.2, 0.25) is 5.02 Å². The molecule has 0 radical (unpaired) electrons. The summed E-state index contributed by atoms with van der Waals surface area (Å²) in [7, 11) is 0. The van der Waals surface area contributed by atoms with Crippen LogP contribution in [0.5, 0.6) is 0 Å². The van der Waals surface area contributed by atoms with E-state index in [1.54, 1.807) is 47.4 Å². The lowest BCUT2D eigenvalue weighted by molar-refractivity contribution is -0.147. The third kappa shape index (κ3) is 3.98. The topological polar surface area (TPSA) is 78.0 Å². The van der Waals surface area contributed by atoms with E-state index in [0.717, 1.165) is 37.7 Å². The van der Waals surface area contributed by atoms with Crippen LogP contribution < -0.4 is 4.90 Å². The van der Waals surface area contributed by atoms with Crippen molar-refractivity contribution in [3.05, 3.63) is 99.5 Å². The lowest BCUT2D eigenvalue weighted by Crippen LogP contribution is -2.56. The number of nitrogens with zero attached hydrogens (tertiary/aromatic N) is 3. The molecule has 214 valence electrons. The van der Waals surface area contributed by atoms with Gasteiger partial charge >= 0.3 is 6.03 Å². The van der Waals surface area contributed by atoms with E-state index in [9.17, 15) is 19.2 Å². The number of carbonyl (C=O) groups is 4. The molecule has 4 atom stereocenters. The molecule has 0 bridgehead atoms. The number of urea groups is 1. The summed E-state index contributed by atoms with van der Waals surface area (Å²) in [5, 5.41) is 0.515. The fraction of sp³-hybridized carbons (Fsp3) is 0.333. The Hall–Kier alpha value is -3.49. The summed E-state index contributed by atoms with van der Waals surface area (Å²) in [5.41, 5.74) is 0.319. The lowest BCUT2D eigenvalue weighted by Gasteiger charge is -2.37. The average molecular weight is 647 g/mol. The standard InChI is InChI=1S/C33H29BrClN3O4/c34-22-10-7-13-25(18-22)37-31(41)33(19-20-8-3-1-4-9-20)27-26(29(39)36(30(27)40)24-11-5-2-6-12-24)28(38(33)32(37)42)21-14-16-23(35)17-15-21/h1,3-4,7-10,13-18,24,26-28H,2,5-6,11-12,19H2/t26-,27-,28-,33-/m1/s1. The van der Waals surface area contributed by atoms with Crippen molar-refractivity contribution < 1.29 is 19.2 Å². The van der Waals surface area contributed by atoms with Gasteiger partial charge in [0.25, 0.3) is 5.91 Å². The Morgan fingerprint density at radius 3 is 2.24 bits per heavy atom. The van der Waals surface area contributed by atoms with E-state index in [0.29, 0.717) is 20.7 Å². The van der Waals surface area contributed by atoms with E-state index >= 15 is 0 Å². The van der Waals surface area contributed by atoms with Crippen LogP contribution in [0.25, 0.3) is 0 Å². The molecule has 0 unspecified atom stereocenters. The fourth-order valence-electron chi connectivity index (χ4n) is 7.74. The summed E-state index contributed by atoms with van der Waals surface area (Å²) >= 11 is 9.71. The third-order valence-electron chi connectivity index (χ3n) is 9.45. The van der Waals surface area contributed by atoms with Crippen molar-refractivity contribution in [3.8, 4) is 0 Å². The third-order valence-corrected chi connectivity index (χ3v) is 10.2. The molecule has 4 fully saturated rings. The van der Waals surface area contributed by atoms with Crippen molar-refractivity contribution in [2.45, 2.75) is 56.1 Å². The summed E-state index contributed by atoms with van der Waals surface area (Å²) in [4.78, 5) is 62.6. The molecule has 7 rings (SSSR count). The minimum Gasteiger partial charge on any atom is -0.300 e. The van der Waals surface area contributed by atoms with Gasteiger partial charge in [0, 0.05) is 22.0 Å². The van der Waals surface area contributed by atoms with Crippen molar-refractivity contribution in [1.29, 1.82) is 0 Å². The Morgan fingerprint density at radius 1 is 0.833 bits per heavy atom. The second kappa shape index (κ2) is 10.3. The monoisotopic (exact) mass is 645 g/mol. The molecule has 0 spiro atoms. The van der Waals surface area contributed by atoms with E-state index in [1.807, 2.05) is 36.4 Å². The average Bonchev–Trinajstić information content (AvgIpc) is 3.52. The van der Waals surface area contributed by atoms with Crippen molar-refractivity contribution in [2.24, 2.45) is 11.8 Å². The maximum absolute atomic E-state index is 14.9. The summed E-state index contributed by atoms with van der Waals surface area (Å²) < 4.78 is 0.715. The molecular weight excluding hydrogens is 618 g/mol. The molecular formula is C33H29BrClN3O4. The quantitative estimate of drug-likeness (QED) is 0.233. The second-order valence-electron chi connectivity index (χ2n) is 11.7. The Balaban J connectivity index is 1.45. The number of imide groups is 2. The molecule has 3 aromatic rings. The molecule has 4 aliphatic rings. The van der Waals surface area contributed by atoms with Crippen LogP contribution in [0.4, 0.5) is 10.5 Å². The van der Waals surface area contributed by atoms with Gasteiger partial charge in [0.05, 0.1) is 23.6 Å². The van der Waals surface area contributed by atoms with Crippen LogP contribution >= 0.6 is 27.5 Å². The first-order valence-corrected chi connectivity index (χ1v) is 15.6. The van der Waals surface area contributed by atoms with Crippen LogP contribution in [-0.4, -0.2) is 45.1 Å². The molecule has 3 saturated heterocycles. The number of benzene rings is 3. The molecule has 3 aliphatic heterocycles. The van der Waals surface area contributed by atoms with Gasteiger partial charge in [-0.1, -0.05) is 95.3 Å². The summed E-state index contributed by atoms with van der Waals surface area (Å²) in [6.07, 6.45) is 4.61. The zero-order valence-corrected chi connectivity index (χ0v) is 25.1. The Labute approximate surface area is 257 Å². The van der Waals surface area contributed by atoms with Gasteiger partial charge < -0.3 is 4.90 Å². The Bertz CT molecular complexity index is 1590. The van der Waals surface area contributed by atoms with E-state index in [-0.39, 0.29) is 24.3 Å². The van der Waals surface area contributed by atoms with Crippen molar-refractivity contribution >= 4 is 57.0 Å². The molecule has 0 N–H and O–H groups in total. The summed E-state index contributed by atoms with van der Waals surface area (Å²) in [5.74, 6) is -2.99. The molecule has 0 aromatic heterocycles. The first-order chi connectivity index (χ1) is 20.3. The number of halogens is 2. The molecule has 42 heavy (non-hydrogen) atoms. The largest absolute Gasteiger partial charge is 0.332 e. The zero-order chi connectivity index (χ0) is 29.2. The fourth-order valence-corrected chi connectivity index (χ4v) is 8.26. The van der Waals surface area contributed by atoms with E-state index < -0.39 is 35.4 Å². The van der Waals surface area contributed by atoms with Gasteiger partial charge in [-0.25, -0.2) is 9.69 Å². The summed E-state index contributed by atoms with van der Waals surface area (Å²) in [6, 6.07) is 22.0. The van der Waals surface area contributed by atoms with Crippen molar-refractivity contribution in [3.63, 3.8) is 0 Å². The molecule has 9 heteroatoms. The van der Waals surface area contributed by atoms with Gasteiger partial charge in [0.2, 0.25) is 11.8 Å². The molecule has 5 amide bonds. The SMILES string of the molecule is O=C1[C@H]2[C@@H](c3ccc(Cl)cc3)N3C(=O)N(c4cccc(Br)c4)C(=O)[C@@]3(Cc3ccccc3)[C@H]2C(=O)N1C1CCCCC1. The van der Waals surface area contributed by atoms with E-state index in [2.05, 4.69) is 15.9 Å². The number of rotatable bonds is 5. The minimum absolute atomic E-state index is 0.117. The maximum atomic E-state index is 14.9. The van der Waals surface area contributed by atoms with Crippen LogP contribution in [0.1, 0.15) is 49.3 Å². The number of fused-ring (bicyclic) bond motifs is 3. The molecule has 3 heterocycles. The van der Waals surface area contributed by atoms with Gasteiger partial charge in [-0.3, -0.25) is 19.3 Å². The number of amides is 5. The van der Waals surface area contributed by atoms with Crippen molar-refractivity contribution in [1.82, 2.24) is 9.80 Å². The molecule has 3 aromatic carbocycles. The number of likely N-dealkylation sites (tertiary alicyclic amines) is 1. The lowest BCUT2D eigenvalue weighted by atomic mass is 9.75.